The summed E-state index contributed by atoms with van der Waals surface area (Å²) < 4.78 is 61.0. The third-order valence-corrected chi connectivity index (χ3v) is 7.10. The summed E-state index contributed by atoms with van der Waals surface area (Å²) >= 11 is 0. The van der Waals surface area contributed by atoms with Crippen LogP contribution >= 0.6 is 0 Å². The lowest BCUT2D eigenvalue weighted by Crippen LogP contribution is -2.52. The van der Waals surface area contributed by atoms with E-state index in [1.54, 1.807) is 0 Å². The zero-order valence-electron chi connectivity index (χ0n) is 20.1. The van der Waals surface area contributed by atoms with E-state index in [1.165, 1.54) is 24.0 Å². The van der Waals surface area contributed by atoms with Crippen LogP contribution in [-0.4, -0.2) is 50.6 Å². The molecule has 1 unspecified atom stereocenters. The van der Waals surface area contributed by atoms with Gasteiger partial charge in [0.25, 0.3) is 5.91 Å². The molecule has 38 heavy (non-hydrogen) atoms. The monoisotopic (exact) mass is 537 g/mol. The van der Waals surface area contributed by atoms with Crippen LogP contribution in [-0.2, 0) is 33.7 Å². The first-order valence-corrected chi connectivity index (χ1v) is 11.9. The maximum atomic E-state index is 15.2. The van der Waals surface area contributed by atoms with Crippen molar-refractivity contribution in [1.82, 2.24) is 25.3 Å². The molecule has 1 saturated heterocycles. The zero-order valence-corrected chi connectivity index (χ0v) is 20.1. The summed E-state index contributed by atoms with van der Waals surface area (Å²) in [6.07, 6.45) is -3.62. The number of hydrogen-bond donors (Lipinski definition) is 2. The summed E-state index contributed by atoms with van der Waals surface area (Å²) in [4.78, 5) is 49.9. The first-order chi connectivity index (χ1) is 17.9. The molecule has 2 fully saturated rings. The average Bonchev–Trinajstić information content (AvgIpc) is 3.35. The lowest BCUT2D eigenvalue weighted by Gasteiger charge is -2.36. The van der Waals surface area contributed by atoms with Gasteiger partial charge in [0.05, 0.1) is 17.8 Å². The minimum Gasteiger partial charge on any atom is -0.445 e. The Labute approximate surface area is 213 Å². The van der Waals surface area contributed by atoms with E-state index in [1.807, 2.05) is 0 Å². The van der Waals surface area contributed by atoms with Gasteiger partial charge in [-0.1, -0.05) is 12.1 Å². The second kappa shape index (κ2) is 9.40. The fourth-order valence-electron chi connectivity index (χ4n) is 5.10. The number of nitrogens with one attached hydrogen (secondary N) is 2. The van der Waals surface area contributed by atoms with Crippen molar-refractivity contribution in [2.75, 3.05) is 0 Å². The molecule has 4 amide bonds. The normalized spacial score (nSPS) is 23.1. The minimum absolute atomic E-state index is 0.00760. The van der Waals surface area contributed by atoms with Crippen LogP contribution in [0.2, 0.25) is 0 Å². The number of amides is 4. The maximum Gasteiger partial charge on any atom is 0.433 e. The van der Waals surface area contributed by atoms with Crippen molar-refractivity contribution in [3.8, 4) is 0 Å². The number of halogens is 4. The van der Waals surface area contributed by atoms with Gasteiger partial charge < -0.3 is 15.0 Å². The van der Waals surface area contributed by atoms with Crippen LogP contribution in [0.4, 0.5) is 22.4 Å². The molecule has 1 atom stereocenters. The van der Waals surface area contributed by atoms with Gasteiger partial charge in [0.1, 0.15) is 24.2 Å². The Hall–Kier alpha value is -3.97. The van der Waals surface area contributed by atoms with E-state index in [4.69, 9.17) is 4.74 Å². The van der Waals surface area contributed by atoms with E-state index in [-0.39, 0.29) is 48.9 Å². The molecule has 1 aromatic heterocycles. The maximum absolute atomic E-state index is 15.2. The minimum atomic E-state index is -4.54. The number of aryl methyl sites for hydroxylation is 1. The summed E-state index contributed by atoms with van der Waals surface area (Å²) in [5.41, 5.74) is -0.693. The summed E-state index contributed by atoms with van der Waals surface area (Å²) in [6.45, 7) is 0.854. The van der Waals surface area contributed by atoms with Crippen molar-refractivity contribution in [3.63, 3.8) is 0 Å². The number of aromatic nitrogens is 2. The Morgan fingerprint density at radius 3 is 2.66 bits per heavy atom. The average molecular weight is 537 g/mol. The lowest BCUT2D eigenvalue weighted by atomic mass is 9.86. The highest BCUT2D eigenvalue weighted by Crippen LogP contribution is 2.39. The third kappa shape index (κ3) is 4.58. The molecule has 2 N–H and O–H groups in total. The van der Waals surface area contributed by atoms with Gasteiger partial charge in [-0.25, -0.2) is 9.18 Å². The highest BCUT2D eigenvalue weighted by Gasteiger charge is 2.43. The molecule has 0 spiro atoms. The Bertz CT molecular complexity index is 1330. The molecule has 10 nitrogen and oxygen atoms in total. The Morgan fingerprint density at radius 2 is 1.97 bits per heavy atom. The number of alkyl halides is 3. The van der Waals surface area contributed by atoms with Crippen LogP contribution in [0.5, 0.6) is 0 Å². The Kier molecular flexibility index (Phi) is 6.35. The molecule has 1 aliphatic carbocycles. The van der Waals surface area contributed by atoms with Crippen molar-refractivity contribution >= 4 is 23.8 Å². The molecule has 3 heterocycles. The fourth-order valence-corrected chi connectivity index (χ4v) is 5.10. The van der Waals surface area contributed by atoms with Crippen LogP contribution in [0.25, 0.3) is 0 Å². The van der Waals surface area contributed by atoms with E-state index < -0.39 is 66.2 Å². The number of hydrogen-bond acceptors (Lipinski definition) is 6. The van der Waals surface area contributed by atoms with Crippen molar-refractivity contribution < 1.29 is 41.5 Å². The number of fused-ring (bicyclic) bond motifs is 1. The molecule has 5 rings (SSSR count). The van der Waals surface area contributed by atoms with E-state index in [9.17, 15) is 32.3 Å². The molecule has 0 bridgehead atoms. The summed E-state index contributed by atoms with van der Waals surface area (Å²) in [5.74, 6) is -2.60. The number of alkyl carbamates (subject to hydrolysis) is 1. The van der Waals surface area contributed by atoms with Crippen molar-refractivity contribution in [3.05, 3.63) is 52.1 Å². The standard InChI is InChI=1S/C24H23F4N5O5/c1-11-8-29-33(20(11)24(26,27)28)15-6-14(7-15)30-23(37)38-10-13-3-2-12-9-32(22(36)18(12)19(13)25)16-4-5-17(34)31-21(16)35/h2-3,8,14-16H,4-7,9-10H2,1H3,(H,30,37)(H,31,34,35). The van der Waals surface area contributed by atoms with E-state index in [0.29, 0.717) is 5.56 Å². The second-order valence-corrected chi connectivity index (χ2v) is 9.63. The first kappa shape index (κ1) is 25.7. The third-order valence-electron chi connectivity index (χ3n) is 7.10. The number of benzene rings is 1. The van der Waals surface area contributed by atoms with Crippen LogP contribution in [0.15, 0.2) is 18.3 Å². The fraction of sp³-hybridized carbons (Fsp3) is 0.458. The predicted molar refractivity (Wildman–Crippen MR) is 120 cm³/mol. The summed E-state index contributed by atoms with van der Waals surface area (Å²) in [5, 5.41) is 8.54. The molecule has 1 saturated carbocycles. The molecular weight excluding hydrogens is 514 g/mol. The number of piperidine rings is 1. The van der Waals surface area contributed by atoms with E-state index in [0.717, 1.165) is 10.9 Å². The highest BCUT2D eigenvalue weighted by molar-refractivity contribution is 6.05. The lowest BCUT2D eigenvalue weighted by molar-refractivity contribution is -0.146. The largest absolute Gasteiger partial charge is 0.445 e. The number of carbonyl (C=O) groups is 4. The van der Waals surface area contributed by atoms with Crippen LogP contribution < -0.4 is 10.6 Å². The number of nitrogens with zero attached hydrogens (tertiary/aromatic N) is 3. The molecule has 202 valence electrons. The molecular formula is C24H23F4N5O5. The van der Waals surface area contributed by atoms with Gasteiger partial charge in [0.2, 0.25) is 11.8 Å². The van der Waals surface area contributed by atoms with Gasteiger partial charge in [0, 0.05) is 24.6 Å². The van der Waals surface area contributed by atoms with Crippen molar-refractivity contribution in [2.45, 2.75) is 70.1 Å². The van der Waals surface area contributed by atoms with Crippen molar-refractivity contribution in [2.24, 2.45) is 0 Å². The van der Waals surface area contributed by atoms with Crippen LogP contribution in [0.3, 0.4) is 0 Å². The van der Waals surface area contributed by atoms with Gasteiger partial charge in [0.15, 0.2) is 0 Å². The Balaban J connectivity index is 1.16. The molecule has 14 heteroatoms. The van der Waals surface area contributed by atoms with Crippen LogP contribution in [0.1, 0.15) is 64.5 Å². The van der Waals surface area contributed by atoms with Gasteiger partial charge in [-0.3, -0.25) is 24.4 Å². The molecule has 1 aromatic carbocycles. The van der Waals surface area contributed by atoms with Crippen LogP contribution in [0, 0.1) is 12.7 Å². The number of imide groups is 1. The molecule has 2 aliphatic heterocycles. The topological polar surface area (TPSA) is 123 Å². The quantitative estimate of drug-likeness (QED) is 0.447. The molecule has 3 aliphatic rings. The Morgan fingerprint density at radius 1 is 1.24 bits per heavy atom. The first-order valence-electron chi connectivity index (χ1n) is 11.9. The smallest absolute Gasteiger partial charge is 0.433 e. The van der Waals surface area contributed by atoms with E-state index in [2.05, 4.69) is 15.7 Å². The molecule has 2 aromatic rings. The SMILES string of the molecule is Cc1cnn(C2CC(NC(=O)OCc3ccc4c(c3F)C(=O)N(C3CCC(=O)NC3=O)C4)C2)c1C(F)(F)F. The number of ether oxygens (including phenoxy) is 1. The van der Waals surface area contributed by atoms with Gasteiger partial charge in [-0.2, -0.15) is 18.3 Å². The van der Waals surface area contributed by atoms with Gasteiger partial charge in [-0.05, 0) is 37.3 Å². The van der Waals surface area contributed by atoms with Gasteiger partial charge in [-0.15, -0.1) is 0 Å². The summed E-state index contributed by atoms with van der Waals surface area (Å²) in [7, 11) is 0. The number of carbonyl (C=O) groups excluding carboxylic acids is 4. The summed E-state index contributed by atoms with van der Waals surface area (Å²) in [6, 6.07) is 1.03. The van der Waals surface area contributed by atoms with Crippen molar-refractivity contribution in [1.29, 1.82) is 0 Å². The van der Waals surface area contributed by atoms with E-state index >= 15 is 4.39 Å². The highest BCUT2D eigenvalue weighted by atomic mass is 19.4. The number of rotatable bonds is 5. The van der Waals surface area contributed by atoms with Gasteiger partial charge >= 0.3 is 12.3 Å². The molecule has 0 radical (unpaired) electrons. The zero-order chi connectivity index (χ0) is 27.4. The second-order valence-electron chi connectivity index (χ2n) is 9.63. The predicted octanol–water partition coefficient (Wildman–Crippen LogP) is 2.74.